The van der Waals surface area contributed by atoms with Gasteiger partial charge >= 0.3 is 0 Å². The highest BCUT2D eigenvalue weighted by Gasteiger charge is 2.17. The number of hydrogen-bond donors (Lipinski definition) is 0. The van der Waals surface area contributed by atoms with Gasteiger partial charge in [0.25, 0.3) is 0 Å². The standard InChI is InChI=1S/C21H22O4/c1-23-18-8-6-15(7-9-18)19(22)11-14-4-5-16-12-20(24-2)21(25-3)13-17(16)10-14/h6-10,12-13H,4-5,11H2,1-3H3. The van der Waals surface area contributed by atoms with Crippen LogP contribution in [-0.4, -0.2) is 27.1 Å². The van der Waals surface area contributed by atoms with Gasteiger partial charge in [0.1, 0.15) is 5.75 Å². The zero-order chi connectivity index (χ0) is 17.8. The van der Waals surface area contributed by atoms with E-state index in [-0.39, 0.29) is 5.78 Å². The van der Waals surface area contributed by atoms with Crippen LogP contribution in [0.25, 0.3) is 6.08 Å². The molecule has 0 saturated carbocycles. The largest absolute Gasteiger partial charge is 0.497 e. The van der Waals surface area contributed by atoms with Crippen LogP contribution in [0.3, 0.4) is 0 Å². The van der Waals surface area contributed by atoms with E-state index in [9.17, 15) is 4.79 Å². The summed E-state index contributed by atoms with van der Waals surface area (Å²) in [5.74, 6) is 2.33. The van der Waals surface area contributed by atoms with Gasteiger partial charge in [0.05, 0.1) is 21.3 Å². The molecule has 0 amide bonds. The molecule has 0 aliphatic heterocycles. The summed E-state index contributed by atoms with van der Waals surface area (Å²) in [6, 6.07) is 11.3. The van der Waals surface area contributed by atoms with Crippen molar-refractivity contribution in [2.24, 2.45) is 0 Å². The van der Waals surface area contributed by atoms with E-state index in [1.165, 1.54) is 5.56 Å². The molecule has 0 atom stereocenters. The second-order valence-corrected chi connectivity index (χ2v) is 6.04. The Morgan fingerprint density at radius 2 is 1.60 bits per heavy atom. The molecule has 0 fully saturated rings. The summed E-state index contributed by atoms with van der Waals surface area (Å²) in [5, 5.41) is 0. The highest BCUT2D eigenvalue weighted by atomic mass is 16.5. The van der Waals surface area contributed by atoms with Crippen LogP contribution in [0.2, 0.25) is 0 Å². The molecule has 0 radical (unpaired) electrons. The molecule has 0 heterocycles. The summed E-state index contributed by atoms with van der Waals surface area (Å²) in [4.78, 5) is 12.5. The zero-order valence-corrected chi connectivity index (χ0v) is 14.8. The van der Waals surface area contributed by atoms with Gasteiger partial charge in [-0.1, -0.05) is 11.6 Å². The van der Waals surface area contributed by atoms with Crippen LogP contribution in [0.15, 0.2) is 42.0 Å². The lowest BCUT2D eigenvalue weighted by Gasteiger charge is -2.19. The Kier molecular flexibility index (Phi) is 5.08. The van der Waals surface area contributed by atoms with E-state index in [4.69, 9.17) is 14.2 Å². The second-order valence-electron chi connectivity index (χ2n) is 6.04. The first kappa shape index (κ1) is 17.1. The average molecular weight is 338 g/mol. The Bertz CT molecular complexity index is 803. The smallest absolute Gasteiger partial charge is 0.166 e. The number of ether oxygens (including phenoxy) is 3. The summed E-state index contributed by atoms with van der Waals surface area (Å²) < 4.78 is 15.9. The number of rotatable bonds is 6. The van der Waals surface area contributed by atoms with Crippen molar-refractivity contribution >= 4 is 11.9 Å². The zero-order valence-electron chi connectivity index (χ0n) is 14.8. The van der Waals surface area contributed by atoms with E-state index < -0.39 is 0 Å². The van der Waals surface area contributed by atoms with Crippen molar-refractivity contribution in [1.82, 2.24) is 0 Å². The van der Waals surface area contributed by atoms with Crippen molar-refractivity contribution in [2.45, 2.75) is 19.3 Å². The third kappa shape index (κ3) is 3.68. The maximum Gasteiger partial charge on any atom is 0.166 e. The number of hydrogen-bond acceptors (Lipinski definition) is 4. The highest BCUT2D eigenvalue weighted by Crippen LogP contribution is 2.35. The number of allylic oxidation sites excluding steroid dienone is 1. The number of carbonyl (C=O) groups excluding carboxylic acids is 1. The Labute approximate surface area is 148 Å². The molecule has 0 N–H and O–H groups in total. The fourth-order valence-corrected chi connectivity index (χ4v) is 3.10. The van der Waals surface area contributed by atoms with Gasteiger partial charge in [-0.3, -0.25) is 4.79 Å². The number of benzene rings is 2. The molecule has 1 aliphatic carbocycles. The van der Waals surface area contributed by atoms with E-state index in [1.807, 2.05) is 36.4 Å². The summed E-state index contributed by atoms with van der Waals surface area (Å²) in [6.45, 7) is 0. The molecule has 130 valence electrons. The quantitative estimate of drug-likeness (QED) is 0.736. The van der Waals surface area contributed by atoms with Crippen molar-refractivity contribution in [3.8, 4) is 17.2 Å². The monoisotopic (exact) mass is 338 g/mol. The molecule has 25 heavy (non-hydrogen) atoms. The molecule has 2 aromatic rings. The second kappa shape index (κ2) is 7.43. The van der Waals surface area contributed by atoms with Gasteiger partial charge in [0.2, 0.25) is 0 Å². The molecular weight excluding hydrogens is 316 g/mol. The Morgan fingerprint density at radius 1 is 0.920 bits per heavy atom. The van der Waals surface area contributed by atoms with Gasteiger partial charge in [-0.05, 0) is 60.4 Å². The van der Waals surface area contributed by atoms with E-state index in [2.05, 4.69) is 6.08 Å². The lowest BCUT2D eigenvalue weighted by Crippen LogP contribution is -2.06. The molecule has 2 aromatic carbocycles. The predicted molar refractivity (Wildman–Crippen MR) is 97.8 cm³/mol. The maximum atomic E-state index is 12.5. The molecule has 3 rings (SSSR count). The van der Waals surface area contributed by atoms with Crippen molar-refractivity contribution in [3.63, 3.8) is 0 Å². The Hall–Kier alpha value is -2.75. The molecule has 0 aromatic heterocycles. The average Bonchev–Trinajstić information content (AvgIpc) is 2.66. The lowest BCUT2D eigenvalue weighted by atomic mass is 9.88. The number of fused-ring (bicyclic) bond motifs is 1. The van der Waals surface area contributed by atoms with Gasteiger partial charge in [-0.2, -0.15) is 0 Å². The maximum absolute atomic E-state index is 12.5. The third-order valence-electron chi connectivity index (χ3n) is 4.52. The predicted octanol–water partition coefficient (Wildman–Crippen LogP) is 4.32. The van der Waals surface area contributed by atoms with Crippen LogP contribution in [0.1, 0.15) is 34.3 Å². The first-order valence-corrected chi connectivity index (χ1v) is 8.26. The van der Waals surface area contributed by atoms with E-state index in [0.29, 0.717) is 17.7 Å². The van der Waals surface area contributed by atoms with E-state index in [0.717, 1.165) is 35.5 Å². The first-order valence-electron chi connectivity index (χ1n) is 8.26. The fourth-order valence-electron chi connectivity index (χ4n) is 3.10. The van der Waals surface area contributed by atoms with E-state index in [1.54, 1.807) is 21.3 Å². The van der Waals surface area contributed by atoms with Gasteiger partial charge < -0.3 is 14.2 Å². The van der Waals surface area contributed by atoms with Crippen molar-refractivity contribution in [1.29, 1.82) is 0 Å². The summed E-state index contributed by atoms with van der Waals surface area (Å²) in [5.41, 5.74) is 4.17. The Morgan fingerprint density at radius 3 is 2.24 bits per heavy atom. The lowest BCUT2D eigenvalue weighted by molar-refractivity contribution is 0.0992. The van der Waals surface area contributed by atoms with Crippen LogP contribution >= 0.6 is 0 Å². The third-order valence-corrected chi connectivity index (χ3v) is 4.52. The number of ketones is 1. The minimum atomic E-state index is 0.123. The minimum Gasteiger partial charge on any atom is -0.497 e. The molecule has 0 spiro atoms. The number of aryl methyl sites for hydroxylation is 1. The highest BCUT2D eigenvalue weighted by molar-refractivity contribution is 5.98. The van der Waals surface area contributed by atoms with Crippen molar-refractivity contribution in [2.75, 3.05) is 21.3 Å². The topological polar surface area (TPSA) is 44.8 Å². The van der Waals surface area contributed by atoms with Gasteiger partial charge in [-0.15, -0.1) is 0 Å². The molecular formula is C21H22O4. The molecule has 4 heteroatoms. The molecule has 0 bridgehead atoms. The molecule has 1 aliphatic rings. The SMILES string of the molecule is COc1ccc(C(=O)CC2=Cc3cc(OC)c(OC)cc3CC2)cc1. The van der Waals surface area contributed by atoms with Gasteiger partial charge in [0, 0.05) is 12.0 Å². The number of carbonyl (C=O) groups is 1. The first-order chi connectivity index (χ1) is 12.1. The van der Waals surface area contributed by atoms with Crippen LogP contribution in [0.5, 0.6) is 17.2 Å². The van der Waals surface area contributed by atoms with E-state index >= 15 is 0 Å². The van der Waals surface area contributed by atoms with Crippen LogP contribution < -0.4 is 14.2 Å². The normalized spacial score (nSPS) is 12.8. The molecule has 0 unspecified atom stereocenters. The van der Waals surface area contributed by atoms with Crippen molar-refractivity contribution < 1.29 is 19.0 Å². The summed E-state index contributed by atoms with van der Waals surface area (Å²) in [6.07, 6.45) is 4.31. The van der Waals surface area contributed by atoms with Crippen molar-refractivity contribution in [3.05, 3.63) is 58.7 Å². The van der Waals surface area contributed by atoms with Gasteiger partial charge in [-0.25, -0.2) is 0 Å². The summed E-state index contributed by atoms with van der Waals surface area (Å²) in [7, 11) is 4.89. The van der Waals surface area contributed by atoms with Crippen LogP contribution in [0, 0.1) is 0 Å². The number of methoxy groups -OCH3 is 3. The van der Waals surface area contributed by atoms with Crippen LogP contribution in [-0.2, 0) is 6.42 Å². The Balaban J connectivity index is 1.80. The summed E-state index contributed by atoms with van der Waals surface area (Å²) >= 11 is 0. The molecule has 0 saturated heterocycles. The van der Waals surface area contributed by atoms with Crippen LogP contribution in [0.4, 0.5) is 0 Å². The minimum absolute atomic E-state index is 0.123. The fraction of sp³-hybridized carbons (Fsp3) is 0.286. The number of Topliss-reactive ketones (excluding diaryl/α,β-unsaturated/α-hetero) is 1. The van der Waals surface area contributed by atoms with Gasteiger partial charge in [0.15, 0.2) is 17.3 Å². The molecule has 4 nitrogen and oxygen atoms in total.